The van der Waals surface area contributed by atoms with Crippen LogP contribution in [0.15, 0.2) is 138 Å². The quantitative estimate of drug-likeness (QED) is 0.227. The second-order valence-corrected chi connectivity index (χ2v) is 9.39. The van der Waals surface area contributed by atoms with E-state index < -0.39 is 0 Å². The minimum absolute atomic E-state index is 0.0853. The average Bonchev–Trinajstić information content (AvgIpc) is 3.40. The van der Waals surface area contributed by atoms with Crippen LogP contribution in [0.4, 0.5) is 0 Å². The van der Waals surface area contributed by atoms with Gasteiger partial charge < -0.3 is 4.42 Å². The standard InChI is InChI=1S/C36H22O/c1-2-12-25-23(10-1)11-9-18-27(25)36-30-16-5-3-14-28(30)35(29-15-4-6-17-31(29)36)24-20-21-34-32(22-24)26-13-7-8-19-33(26)37-34/h1-22H/i7D,8D,13D,19D. The highest BCUT2D eigenvalue weighted by Crippen LogP contribution is 2.45. The Labute approximate surface area is 219 Å². The molecule has 0 fully saturated rings. The summed E-state index contributed by atoms with van der Waals surface area (Å²) < 4.78 is 39.3. The Morgan fingerprint density at radius 3 is 1.84 bits per heavy atom. The van der Waals surface area contributed by atoms with Gasteiger partial charge in [-0.2, -0.15) is 0 Å². The molecule has 0 aliphatic carbocycles. The number of para-hydroxylation sites is 1. The van der Waals surface area contributed by atoms with Gasteiger partial charge in [0.2, 0.25) is 0 Å². The maximum atomic E-state index is 8.60. The molecule has 0 spiro atoms. The lowest BCUT2D eigenvalue weighted by atomic mass is 9.84. The highest BCUT2D eigenvalue weighted by Gasteiger charge is 2.18. The van der Waals surface area contributed by atoms with E-state index in [-0.39, 0.29) is 29.8 Å². The van der Waals surface area contributed by atoms with E-state index in [9.17, 15) is 0 Å². The molecule has 7 aromatic carbocycles. The second-order valence-electron chi connectivity index (χ2n) is 9.39. The van der Waals surface area contributed by atoms with Crippen LogP contribution in [0.2, 0.25) is 0 Å². The molecule has 37 heavy (non-hydrogen) atoms. The van der Waals surface area contributed by atoms with E-state index in [1.165, 1.54) is 21.9 Å². The van der Waals surface area contributed by atoms with Gasteiger partial charge in [-0.25, -0.2) is 0 Å². The van der Waals surface area contributed by atoms with Crippen molar-refractivity contribution in [2.45, 2.75) is 0 Å². The summed E-state index contributed by atoms with van der Waals surface area (Å²) in [5, 5.41) is 8.02. The lowest BCUT2D eigenvalue weighted by molar-refractivity contribution is 0.669. The van der Waals surface area contributed by atoms with Crippen LogP contribution >= 0.6 is 0 Å². The molecule has 0 aliphatic rings. The van der Waals surface area contributed by atoms with Gasteiger partial charge in [-0.1, -0.05) is 115 Å². The molecule has 0 radical (unpaired) electrons. The van der Waals surface area contributed by atoms with Gasteiger partial charge in [-0.15, -0.1) is 0 Å². The Balaban J connectivity index is 1.51. The number of fused-ring (bicyclic) bond motifs is 6. The third-order valence-corrected chi connectivity index (χ3v) is 7.39. The molecule has 0 atom stereocenters. The smallest absolute Gasteiger partial charge is 0.135 e. The van der Waals surface area contributed by atoms with Crippen molar-refractivity contribution in [1.29, 1.82) is 0 Å². The molecule has 1 heteroatoms. The van der Waals surface area contributed by atoms with E-state index >= 15 is 0 Å². The van der Waals surface area contributed by atoms with Gasteiger partial charge in [-0.3, -0.25) is 0 Å². The van der Waals surface area contributed by atoms with E-state index in [0.29, 0.717) is 16.4 Å². The Morgan fingerprint density at radius 1 is 0.459 bits per heavy atom. The van der Waals surface area contributed by atoms with E-state index in [0.717, 1.165) is 32.7 Å². The lowest BCUT2D eigenvalue weighted by Gasteiger charge is -2.18. The zero-order chi connectivity index (χ0) is 27.8. The summed E-state index contributed by atoms with van der Waals surface area (Å²) in [4.78, 5) is 0. The molecule has 8 rings (SSSR count). The minimum Gasteiger partial charge on any atom is -0.456 e. The van der Waals surface area contributed by atoms with Crippen LogP contribution in [0.5, 0.6) is 0 Å². The molecule has 0 saturated carbocycles. The van der Waals surface area contributed by atoms with Gasteiger partial charge in [0.1, 0.15) is 11.2 Å². The van der Waals surface area contributed by atoms with Crippen molar-refractivity contribution in [1.82, 2.24) is 0 Å². The molecule has 0 saturated heterocycles. The summed E-state index contributed by atoms with van der Waals surface area (Å²) in [6, 6.07) is 37.1. The van der Waals surface area contributed by atoms with Gasteiger partial charge in [0.15, 0.2) is 0 Å². The maximum Gasteiger partial charge on any atom is 0.135 e. The van der Waals surface area contributed by atoms with E-state index in [4.69, 9.17) is 9.90 Å². The number of furan rings is 1. The maximum absolute atomic E-state index is 8.60. The van der Waals surface area contributed by atoms with Gasteiger partial charge in [0.25, 0.3) is 0 Å². The molecule has 8 aromatic rings. The summed E-state index contributed by atoms with van der Waals surface area (Å²) in [5.74, 6) is 0. The zero-order valence-corrected chi connectivity index (χ0v) is 19.8. The molecule has 172 valence electrons. The fourth-order valence-corrected chi connectivity index (χ4v) is 5.82. The molecular weight excluding hydrogens is 448 g/mol. The summed E-state index contributed by atoms with van der Waals surface area (Å²) >= 11 is 0. The number of rotatable bonds is 2. The van der Waals surface area contributed by atoms with Crippen molar-refractivity contribution in [2.75, 3.05) is 0 Å². The first-order chi connectivity index (χ1) is 20.0. The first-order valence-electron chi connectivity index (χ1n) is 14.4. The normalized spacial score (nSPS) is 13.3. The highest BCUT2D eigenvalue weighted by atomic mass is 16.3. The van der Waals surface area contributed by atoms with Crippen LogP contribution in [0.3, 0.4) is 0 Å². The molecule has 0 aliphatic heterocycles. The Kier molecular flexibility index (Phi) is 3.53. The fourth-order valence-electron chi connectivity index (χ4n) is 5.82. The van der Waals surface area contributed by atoms with Crippen LogP contribution in [-0.2, 0) is 0 Å². The molecular formula is C36H22O. The molecule has 1 nitrogen and oxygen atoms in total. The predicted octanol–water partition coefficient (Wildman–Crippen LogP) is 10.4. The van der Waals surface area contributed by atoms with Crippen LogP contribution < -0.4 is 0 Å². The van der Waals surface area contributed by atoms with Crippen molar-refractivity contribution < 1.29 is 9.90 Å². The molecule has 0 unspecified atom stereocenters. The highest BCUT2D eigenvalue weighted by molar-refractivity contribution is 6.24. The third kappa shape index (κ3) is 2.98. The third-order valence-electron chi connectivity index (χ3n) is 7.39. The molecule has 0 N–H and O–H groups in total. The molecule has 0 amide bonds. The summed E-state index contributed by atoms with van der Waals surface area (Å²) in [7, 11) is 0. The largest absolute Gasteiger partial charge is 0.456 e. The van der Waals surface area contributed by atoms with Crippen LogP contribution in [0, 0.1) is 0 Å². The van der Waals surface area contributed by atoms with Crippen molar-refractivity contribution in [3.05, 3.63) is 133 Å². The second kappa shape index (κ2) is 7.81. The van der Waals surface area contributed by atoms with Crippen LogP contribution in [0.1, 0.15) is 5.48 Å². The van der Waals surface area contributed by atoms with E-state index in [1.54, 1.807) is 0 Å². The monoisotopic (exact) mass is 474 g/mol. The SMILES string of the molecule is [2H]c1c([2H])c([2H])c2c(oc3ccc(-c4c5ccccc5c(-c5cccc6ccccc56)c5ccccc45)cc32)c1[2H]. The Bertz CT molecular complexity index is 2310. The van der Waals surface area contributed by atoms with Crippen molar-refractivity contribution >= 4 is 54.3 Å². The van der Waals surface area contributed by atoms with Gasteiger partial charge in [0.05, 0.1) is 5.48 Å². The molecule has 1 aromatic heterocycles. The number of hydrogen-bond acceptors (Lipinski definition) is 1. The van der Waals surface area contributed by atoms with Gasteiger partial charge in [-0.05, 0) is 72.7 Å². The van der Waals surface area contributed by atoms with Crippen LogP contribution in [0.25, 0.3) is 76.5 Å². The van der Waals surface area contributed by atoms with Gasteiger partial charge in [0, 0.05) is 10.8 Å². The van der Waals surface area contributed by atoms with E-state index in [2.05, 4.69) is 91.0 Å². The summed E-state index contributed by atoms with van der Waals surface area (Å²) in [5.41, 5.74) is 5.15. The fraction of sp³-hybridized carbons (Fsp3) is 0. The topological polar surface area (TPSA) is 13.1 Å². The molecule has 1 heterocycles. The van der Waals surface area contributed by atoms with Gasteiger partial charge >= 0.3 is 0 Å². The lowest BCUT2D eigenvalue weighted by Crippen LogP contribution is -1.91. The zero-order valence-electron chi connectivity index (χ0n) is 23.8. The van der Waals surface area contributed by atoms with Crippen LogP contribution in [-0.4, -0.2) is 0 Å². The summed E-state index contributed by atoms with van der Waals surface area (Å²) in [6.07, 6.45) is 0. The average molecular weight is 475 g/mol. The summed E-state index contributed by atoms with van der Waals surface area (Å²) in [6.45, 7) is 0. The first-order valence-corrected chi connectivity index (χ1v) is 12.4. The first kappa shape index (κ1) is 16.7. The van der Waals surface area contributed by atoms with E-state index in [1.807, 2.05) is 18.2 Å². The molecule has 0 bridgehead atoms. The predicted molar refractivity (Wildman–Crippen MR) is 157 cm³/mol. The Morgan fingerprint density at radius 2 is 1.08 bits per heavy atom. The minimum atomic E-state index is -0.289. The van der Waals surface area contributed by atoms with Crippen molar-refractivity contribution in [3.8, 4) is 22.3 Å². The van der Waals surface area contributed by atoms with Crippen molar-refractivity contribution in [3.63, 3.8) is 0 Å². The number of benzene rings is 7. The Hall–Kier alpha value is -4.88. The number of hydrogen-bond donors (Lipinski definition) is 0. The van der Waals surface area contributed by atoms with Crippen molar-refractivity contribution in [2.24, 2.45) is 0 Å².